The molecule has 1 nitrogen and oxygen atoms in total. The van der Waals surface area contributed by atoms with Gasteiger partial charge < -0.3 is 4.98 Å². The van der Waals surface area contributed by atoms with Crippen LogP contribution in [0.3, 0.4) is 0 Å². The lowest BCUT2D eigenvalue weighted by molar-refractivity contribution is 1.47. The molecule has 1 N–H and O–H groups in total. The van der Waals surface area contributed by atoms with Gasteiger partial charge in [0.25, 0.3) is 0 Å². The number of hydrogen-bond acceptors (Lipinski definition) is 0. The zero-order valence-corrected chi connectivity index (χ0v) is 5.59. The van der Waals surface area contributed by atoms with Crippen molar-refractivity contribution in [3.63, 3.8) is 0 Å². The monoisotopic (exact) mass is 131 g/mol. The smallest absolute Gasteiger partial charge is 0.361 e. The predicted molar refractivity (Wildman–Crippen MR) is 43.9 cm³/mol. The second-order valence-electron chi connectivity index (χ2n) is 2.40. The summed E-state index contributed by atoms with van der Waals surface area (Å²) in [6, 6.07) is 8.16. The lowest BCUT2D eigenvalue weighted by Crippen LogP contribution is -1.70. The largest absolute Gasteiger partial charge is 1.00 e. The van der Waals surface area contributed by atoms with Gasteiger partial charge >= 0.3 is 1.43 Å². The van der Waals surface area contributed by atoms with Crippen molar-refractivity contribution in [1.29, 1.82) is 0 Å². The van der Waals surface area contributed by atoms with Crippen molar-refractivity contribution in [2.75, 3.05) is 0 Å². The summed E-state index contributed by atoms with van der Waals surface area (Å²) in [6.07, 6.45) is 1.93. The molecule has 49 valence electrons. The van der Waals surface area contributed by atoms with Crippen molar-refractivity contribution in [2.45, 2.75) is 0 Å². The third kappa shape index (κ3) is 0.711. The van der Waals surface area contributed by atoms with Crippen LogP contribution in [0.2, 0.25) is 0 Å². The van der Waals surface area contributed by atoms with Crippen molar-refractivity contribution in [2.24, 2.45) is 0 Å². The molecule has 0 aliphatic carbocycles. The lowest BCUT2D eigenvalue weighted by atomic mass is 10.2. The molecule has 0 unspecified atom stereocenters. The van der Waals surface area contributed by atoms with E-state index in [4.69, 9.17) is 0 Å². The first kappa shape index (κ1) is 5.54. The van der Waals surface area contributed by atoms with Crippen LogP contribution in [0.25, 0.3) is 10.9 Å². The number of aromatic amines is 1. The van der Waals surface area contributed by atoms with Crippen LogP contribution in [0.1, 0.15) is 6.99 Å². The Morgan fingerprint density at radius 3 is 3.10 bits per heavy atom. The van der Waals surface area contributed by atoms with Crippen molar-refractivity contribution >= 4 is 10.9 Å². The first-order valence-electron chi connectivity index (χ1n) is 3.25. The van der Waals surface area contributed by atoms with E-state index >= 15 is 0 Å². The third-order valence-electron chi connectivity index (χ3n) is 1.62. The van der Waals surface area contributed by atoms with E-state index in [1.54, 1.807) is 0 Å². The first-order chi connectivity index (χ1) is 4.86. The molecule has 1 heterocycles. The number of rotatable bonds is 0. The Bertz CT molecular complexity index is 351. The maximum absolute atomic E-state index is 3.83. The Hall–Kier alpha value is -1.24. The highest BCUT2D eigenvalue weighted by molar-refractivity contribution is 5.79. The van der Waals surface area contributed by atoms with Crippen LogP contribution >= 0.6 is 0 Å². The third-order valence-corrected chi connectivity index (χ3v) is 1.62. The number of hydrogen-bond donors (Lipinski definition) is 1. The number of fused-ring (bicyclic) bond motifs is 1. The van der Waals surface area contributed by atoms with Crippen LogP contribution < -0.4 is 0 Å². The van der Waals surface area contributed by atoms with Gasteiger partial charge in [-0.2, -0.15) is 0 Å². The minimum atomic E-state index is 0. The van der Waals surface area contributed by atoms with Crippen LogP contribution in [0, 0.1) is 6.92 Å². The minimum absolute atomic E-state index is 0. The molecule has 0 saturated carbocycles. The van der Waals surface area contributed by atoms with Crippen LogP contribution in [-0.4, -0.2) is 4.98 Å². The highest BCUT2D eigenvalue weighted by Crippen LogP contribution is 2.12. The molecule has 1 heteroatoms. The maximum Gasteiger partial charge on any atom is 1.00 e. The Morgan fingerprint density at radius 1 is 1.30 bits per heavy atom. The lowest BCUT2D eigenvalue weighted by Gasteiger charge is -1.90. The predicted octanol–water partition coefficient (Wildman–Crippen LogP) is 2.46. The fourth-order valence-corrected chi connectivity index (χ4v) is 1.09. The molecule has 0 fully saturated rings. The van der Waals surface area contributed by atoms with Crippen molar-refractivity contribution < 1.29 is 1.43 Å². The second-order valence-corrected chi connectivity index (χ2v) is 2.40. The van der Waals surface area contributed by atoms with Gasteiger partial charge in [0, 0.05) is 11.7 Å². The zero-order chi connectivity index (χ0) is 6.97. The SMILES string of the molecule is [CH2]c1ccc2cc[nH]c2c1.[H+]. The van der Waals surface area contributed by atoms with E-state index in [0.717, 1.165) is 11.1 Å². The summed E-state index contributed by atoms with van der Waals surface area (Å²) in [5.41, 5.74) is 2.21. The molecular weight excluding hydrogens is 122 g/mol. The molecule has 0 aliphatic rings. The van der Waals surface area contributed by atoms with Crippen LogP contribution in [0.15, 0.2) is 30.5 Å². The average molecular weight is 131 g/mol. The highest BCUT2D eigenvalue weighted by atomic mass is 14.7. The van der Waals surface area contributed by atoms with E-state index in [0.29, 0.717) is 0 Å². The second kappa shape index (κ2) is 1.87. The summed E-state index contributed by atoms with van der Waals surface area (Å²) < 4.78 is 0. The Labute approximate surface area is 61.2 Å². The topological polar surface area (TPSA) is 15.8 Å². The van der Waals surface area contributed by atoms with Gasteiger partial charge in [0.05, 0.1) is 0 Å². The molecule has 10 heavy (non-hydrogen) atoms. The number of aromatic nitrogens is 1. The molecule has 0 spiro atoms. The average Bonchev–Trinajstić information content (AvgIpc) is 2.33. The van der Waals surface area contributed by atoms with Gasteiger partial charge in [0.15, 0.2) is 0 Å². The molecular formula is C9H9N+. The molecule has 1 radical (unpaired) electrons. The van der Waals surface area contributed by atoms with Gasteiger partial charge in [-0.05, 0) is 30.0 Å². The Kier molecular flexibility index (Phi) is 1.04. The van der Waals surface area contributed by atoms with E-state index in [2.05, 4.69) is 24.0 Å². The molecule has 0 atom stereocenters. The Balaban J connectivity index is 0.000000605. The van der Waals surface area contributed by atoms with Crippen molar-refractivity contribution in [3.8, 4) is 0 Å². The minimum Gasteiger partial charge on any atom is -0.361 e. The van der Waals surface area contributed by atoms with Gasteiger partial charge in [-0.25, -0.2) is 0 Å². The molecule has 0 bridgehead atoms. The van der Waals surface area contributed by atoms with Gasteiger partial charge in [0.1, 0.15) is 0 Å². The van der Waals surface area contributed by atoms with E-state index in [1.165, 1.54) is 5.39 Å². The van der Waals surface area contributed by atoms with Crippen LogP contribution in [-0.2, 0) is 0 Å². The fraction of sp³-hybridized carbons (Fsp3) is 0. The molecule has 0 aliphatic heterocycles. The van der Waals surface area contributed by atoms with Gasteiger partial charge in [-0.3, -0.25) is 0 Å². The van der Waals surface area contributed by atoms with E-state index in [9.17, 15) is 0 Å². The number of H-pyrrole nitrogens is 1. The van der Waals surface area contributed by atoms with E-state index in [1.807, 2.05) is 18.3 Å². The summed E-state index contributed by atoms with van der Waals surface area (Å²) in [6.45, 7) is 3.83. The summed E-state index contributed by atoms with van der Waals surface area (Å²) in [5.74, 6) is 0. The quantitative estimate of drug-likeness (QED) is 0.565. The molecule has 1 aromatic heterocycles. The van der Waals surface area contributed by atoms with Crippen LogP contribution in [0.5, 0.6) is 0 Å². The first-order valence-corrected chi connectivity index (χ1v) is 3.25. The summed E-state index contributed by atoms with van der Waals surface area (Å²) in [7, 11) is 0. The number of benzene rings is 1. The van der Waals surface area contributed by atoms with Gasteiger partial charge in [-0.15, -0.1) is 0 Å². The molecule has 2 aromatic rings. The van der Waals surface area contributed by atoms with E-state index in [-0.39, 0.29) is 1.43 Å². The normalized spacial score (nSPS) is 10.5. The Morgan fingerprint density at radius 2 is 2.20 bits per heavy atom. The van der Waals surface area contributed by atoms with Crippen molar-refractivity contribution in [3.05, 3.63) is 42.9 Å². The standard InChI is InChI=1S/C9H8N/c1-7-2-3-8-4-5-10-9(8)6-7/h2-6,10H,1H2/p+1. The number of nitrogens with one attached hydrogen (secondary N) is 1. The molecule has 0 amide bonds. The molecule has 0 saturated heterocycles. The zero-order valence-electron chi connectivity index (χ0n) is 6.59. The van der Waals surface area contributed by atoms with E-state index < -0.39 is 0 Å². The fourth-order valence-electron chi connectivity index (χ4n) is 1.09. The summed E-state index contributed by atoms with van der Waals surface area (Å²) >= 11 is 0. The van der Waals surface area contributed by atoms with Crippen LogP contribution in [0.4, 0.5) is 0 Å². The molecule has 2 rings (SSSR count). The van der Waals surface area contributed by atoms with Crippen molar-refractivity contribution in [1.82, 2.24) is 4.98 Å². The highest BCUT2D eigenvalue weighted by Gasteiger charge is 1.91. The van der Waals surface area contributed by atoms with Gasteiger partial charge in [0.2, 0.25) is 0 Å². The maximum atomic E-state index is 3.83. The van der Waals surface area contributed by atoms with Gasteiger partial charge in [-0.1, -0.05) is 12.1 Å². The molecule has 1 aromatic carbocycles. The summed E-state index contributed by atoms with van der Waals surface area (Å²) in [4.78, 5) is 3.12. The summed E-state index contributed by atoms with van der Waals surface area (Å²) in [5, 5.41) is 1.24.